The van der Waals surface area contributed by atoms with Crippen LogP contribution in [0.25, 0.3) is 22.3 Å². The molecular weight excluding hydrogens is 564 g/mol. The summed E-state index contributed by atoms with van der Waals surface area (Å²) in [7, 11) is 0. The van der Waals surface area contributed by atoms with E-state index in [0.717, 1.165) is 6.07 Å². The first-order valence-electron chi connectivity index (χ1n) is 12.9. The number of hydrogen-bond acceptors (Lipinski definition) is 15. The molecule has 0 amide bonds. The molecule has 2 aliphatic heterocycles. The van der Waals surface area contributed by atoms with Gasteiger partial charge >= 0.3 is 0 Å². The van der Waals surface area contributed by atoms with Crippen LogP contribution in [0.4, 0.5) is 0 Å². The van der Waals surface area contributed by atoms with Gasteiger partial charge in [-0.3, -0.25) is 4.79 Å². The van der Waals surface area contributed by atoms with E-state index in [1.54, 1.807) is 0 Å². The summed E-state index contributed by atoms with van der Waals surface area (Å²) in [6.45, 7) is -1.70. The van der Waals surface area contributed by atoms with Crippen LogP contribution in [0.3, 0.4) is 0 Å². The maximum atomic E-state index is 13.5. The lowest BCUT2D eigenvalue weighted by Crippen LogP contribution is -2.55. The van der Waals surface area contributed by atoms with Crippen molar-refractivity contribution in [1.82, 2.24) is 0 Å². The predicted octanol–water partition coefficient (Wildman–Crippen LogP) is -2.39. The lowest BCUT2D eigenvalue weighted by molar-refractivity contribution is -0.234. The minimum Gasteiger partial charge on any atom is -0.508 e. The highest BCUT2D eigenvalue weighted by atomic mass is 16.6. The van der Waals surface area contributed by atoms with Gasteiger partial charge in [0, 0.05) is 11.6 Å². The second kappa shape index (κ2) is 11.4. The molecule has 2 aromatic carbocycles. The van der Waals surface area contributed by atoms with E-state index in [0.29, 0.717) is 0 Å². The Bertz CT molecular complexity index is 1500. The molecule has 2 aliphatic rings. The lowest BCUT2D eigenvalue weighted by Gasteiger charge is -2.42. The van der Waals surface area contributed by atoms with E-state index in [-0.39, 0.29) is 17.1 Å². The van der Waals surface area contributed by atoms with Crippen molar-refractivity contribution in [2.24, 2.45) is 0 Å². The summed E-state index contributed by atoms with van der Waals surface area (Å²) in [4.78, 5) is 13.5. The fourth-order valence-corrected chi connectivity index (χ4v) is 5.39. The molecule has 15 heteroatoms. The quantitative estimate of drug-likeness (QED) is 0.147. The molecule has 0 bridgehead atoms. The monoisotopic (exact) mass is 594 g/mol. The van der Waals surface area contributed by atoms with Crippen LogP contribution in [0.1, 0.15) is 23.3 Å². The third kappa shape index (κ3) is 4.79. The maximum absolute atomic E-state index is 13.5. The molecule has 0 radical (unpaired) electrons. The molecule has 228 valence electrons. The molecule has 5 rings (SSSR count). The zero-order valence-electron chi connectivity index (χ0n) is 21.6. The lowest BCUT2D eigenvalue weighted by atomic mass is 9.85. The fourth-order valence-electron chi connectivity index (χ4n) is 5.39. The molecule has 0 spiro atoms. The molecule has 11 N–H and O–H groups in total. The molecule has 15 nitrogen and oxygen atoms in total. The van der Waals surface area contributed by atoms with E-state index in [1.165, 1.54) is 24.3 Å². The SMILES string of the molecule is O=c1cc(-c2ccc(O)cc2)oc2c([C@@H]3O[C@H](CO)[C@H](O)[C@H](O)[C@@H]3O)c(O)c([C@@H]3O[C@H](CO)[C@H](O)[C@H](O)[C@@H]3O)c(O)c12. The van der Waals surface area contributed by atoms with E-state index >= 15 is 0 Å². The Morgan fingerprint density at radius 1 is 0.643 bits per heavy atom. The van der Waals surface area contributed by atoms with Gasteiger partial charge in [0.15, 0.2) is 11.0 Å². The number of ether oxygens (including phenoxy) is 2. The smallest absolute Gasteiger partial charge is 0.197 e. The number of phenols is 3. The first-order chi connectivity index (χ1) is 19.9. The summed E-state index contributed by atoms with van der Waals surface area (Å²) in [5, 5.41) is 114. The van der Waals surface area contributed by atoms with Gasteiger partial charge in [0.2, 0.25) is 0 Å². The maximum Gasteiger partial charge on any atom is 0.197 e. The Morgan fingerprint density at radius 2 is 1.14 bits per heavy atom. The normalized spacial score (nSPS) is 33.6. The van der Waals surface area contributed by atoms with E-state index in [9.17, 15) is 61.0 Å². The number of hydrogen-bond donors (Lipinski definition) is 11. The largest absolute Gasteiger partial charge is 0.508 e. The third-order valence-corrected chi connectivity index (χ3v) is 7.70. The zero-order valence-corrected chi connectivity index (χ0v) is 21.6. The molecule has 3 aromatic rings. The summed E-state index contributed by atoms with van der Waals surface area (Å²) in [6.07, 6.45) is -18.2. The van der Waals surface area contributed by atoms with Crippen molar-refractivity contribution >= 4 is 11.0 Å². The molecule has 2 fully saturated rings. The van der Waals surface area contributed by atoms with Gasteiger partial charge in [-0.15, -0.1) is 0 Å². The van der Waals surface area contributed by atoms with Crippen molar-refractivity contribution in [3.8, 4) is 28.6 Å². The van der Waals surface area contributed by atoms with E-state index in [4.69, 9.17) is 13.9 Å². The van der Waals surface area contributed by atoms with E-state index < -0.39 is 113 Å². The second-order valence-electron chi connectivity index (χ2n) is 10.2. The van der Waals surface area contributed by atoms with Gasteiger partial charge in [-0.05, 0) is 24.3 Å². The van der Waals surface area contributed by atoms with Gasteiger partial charge < -0.3 is 70.1 Å². The van der Waals surface area contributed by atoms with Gasteiger partial charge in [-0.25, -0.2) is 0 Å². The van der Waals surface area contributed by atoms with Gasteiger partial charge in [-0.2, -0.15) is 0 Å². The number of aliphatic hydroxyl groups excluding tert-OH is 8. The van der Waals surface area contributed by atoms with Crippen LogP contribution < -0.4 is 5.43 Å². The van der Waals surface area contributed by atoms with E-state index in [1.807, 2.05) is 0 Å². The van der Waals surface area contributed by atoms with E-state index in [2.05, 4.69) is 0 Å². The van der Waals surface area contributed by atoms with Crippen molar-refractivity contribution in [1.29, 1.82) is 0 Å². The van der Waals surface area contributed by atoms with Crippen LogP contribution >= 0.6 is 0 Å². The van der Waals surface area contributed by atoms with Gasteiger partial charge in [0.05, 0.1) is 24.3 Å². The highest BCUT2D eigenvalue weighted by Crippen LogP contribution is 2.51. The summed E-state index contributed by atoms with van der Waals surface area (Å²) < 4.78 is 17.0. The number of aliphatic hydroxyl groups is 8. The highest BCUT2D eigenvalue weighted by Gasteiger charge is 2.50. The molecule has 2 saturated heterocycles. The number of benzene rings is 2. The van der Waals surface area contributed by atoms with Crippen molar-refractivity contribution in [2.75, 3.05) is 13.2 Å². The average Bonchev–Trinajstić information content (AvgIpc) is 2.97. The van der Waals surface area contributed by atoms with Gasteiger partial charge in [-0.1, -0.05) is 0 Å². The predicted molar refractivity (Wildman–Crippen MR) is 138 cm³/mol. The standard InChI is InChI=1S/C27H30O15/c28-6-12-17(32)21(36)23(38)26(41-12)15-19(34)14-10(31)5-11(8-1-3-9(30)4-2-8)40-25(14)16(20(15)35)27-24(39)22(37)18(33)13(7-29)42-27/h1-5,12-13,17-18,21-24,26-30,32-39H,6-7H2/t12-,13-,17+,18+,21+,22+,23+,24+,26+,27+/m1/s1. The second-order valence-corrected chi connectivity index (χ2v) is 10.2. The fraction of sp³-hybridized carbons (Fsp3) is 0.444. The van der Waals surface area contributed by atoms with Crippen molar-refractivity contribution in [3.63, 3.8) is 0 Å². The van der Waals surface area contributed by atoms with Crippen molar-refractivity contribution in [2.45, 2.75) is 61.0 Å². The van der Waals surface area contributed by atoms with Gasteiger partial charge in [0.1, 0.15) is 89.4 Å². The molecule has 10 atom stereocenters. The summed E-state index contributed by atoms with van der Waals surface area (Å²) in [6, 6.07) is 6.37. The average molecular weight is 595 g/mol. The highest BCUT2D eigenvalue weighted by molar-refractivity contribution is 5.92. The Labute approximate surface area is 235 Å². The Hall–Kier alpha value is -3.35. The Balaban J connectivity index is 1.82. The molecular formula is C27H30O15. The van der Waals surface area contributed by atoms with Crippen molar-refractivity contribution in [3.05, 3.63) is 51.7 Å². The molecule has 1 aromatic heterocycles. The topological polar surface area (TPSA) is 271 Å². The number of rotatable bonds is 5. The Kier molecular flexibility index (Phi) is 8.16. The first kappa shape index (κ1) is 30.1. The summed E-state index contributed by atoms with van der Waals surface area (Å²) in [5.74, 6) is -2.20. The molecule has 3 heterocycles. The number of fused-ring (bicyclic) bond motifs is 1. The molecule has 0 unspecified atom stereocenters. The van der Waals surface area contributed by atoms with Crippen LogP contribution in [-0.4, -0.2) is 118 Å². The third-order valence-electron chi connectivity index (χ3n) is 7.70. The minimum absolute atomic E-state index is 0.0941. The summed E-state index contributed by atoms with van der Waals surface area (Å²) in [5.41, 5.74) is -2.48. The Morgan fingerprint density at radius 3 is 1.64 bits per heavy atom. The molecule has 0 saturated carbocycles. The minimum atomic E-state index is -2.02. The molecule has 42 heavy (non-hydrogen) atoms. The van der Waals surface area contributed by atoms with Crippen LogP contribution in [0, 0.1) is 0 Å². The zero-order chi connectivity index (χ0) is 30.6. The van der Waals surface area contributed by atoms with Crippen LogP contribution in [0.2, 0.25) is 0 Å². The van der Waals surface area contributed by atoms with Gasteiger partial charge in [0.25, 0.3) is 0 Å². The van der Waals surface area contributed by atoms with Crippen LogP contribution in [0.5, 0.6) is 17.2 Å². The van der Waals surface area contributed by atoms with Crippen LogP contribution in [-0.2, 0) is 9.47 Å². The summed E-state index contributed by atoms with van der Waals surface area (Å²) >= 11 is 0. The van der Waals surface area contributed by atoms with Crippen LogP contribution in [0.15, 0.2) is 39.5 Å². The molecule has 0 aliphatic carbocycles. The number of aromatic hydroxyl groups is 3. The number of phenolic OH excluding ortho intramolecular Hbond substituents is 3. The van der Waals surface area contributed by atoms with Crippen molar-refractivity contribution < 1.29 is 70.1 Å². The first-order valence-corrected chi connectivity index (χ1v) is 12.9.